The number of carbonyl (C=O) groups is 1. The molecule has 0 N–H and O–H groups in total. The van der Waals surface area contributed by atoms with Gasteiger partial charge in [0.1, 0.15) is 0 Å². The van der Waals surface area contributed by atoms with Crippen LogP contribution in [0.2, 0.25) is 0 Å². The fraction of sp³-hybridized carbons (Fsp3) is 0.667. The van der Waals surface area contributed by atoms with Crippen LogP contribution >= 0.6 is 0 Å². The lowest BCUT2D eigenvalue weighted by Crippen LogP contribution is -2.42. The molecule has 1 saturated carbocycles. The minimum absolute atomic E-state index is 0.00481. The fourth-order valence-electron chi connectivity index (χ4n) is 3.78. The number of hydrogen-bond acceptors (Lipinski definition) is 6. The summed E-state index contributed by atoms with van der Waals surface area (Å²) in [6.07, 6.45) is 8.28. The van der Waals surface area contributed by atoms with Gasteiger partial charge in [-0.25, -0.2) is 13.4 Å². The van der Waals surface area contributed by atoms with Crippen molar-refractivity contribution in [3.05, 3.63) is 18.6 Å². The number of aromatic nitrogens is 2. The van der Waals surface area contributed by atoms with E-state index in [0.717, 1.165) is 32.1 Å². The molecule has 1 saturated heterocycles. The van der Waals surface area contributed by atoms with Gasteiger partial charge in [0.2, 0.25) is 0 Å². The van der Waals surface area contributed by atoms with E-state index in [2.05, 4.69) is 9.97 Å². The molecule has 0 radical (unpaired) electrons. The van der Waals surface area contributed by atoms with Gasteiger partial charge in [0.05, 0.1) is 19.2 Å². The quantitative estimate of drug-likeness (QED) is 0.769. The number of rotatable bonds is 3. The summed E-state index contributed by atoms with van der Waals surface area (Å²) in [6, 6.07) is 0. The molecule has 2 fully saturated rings. The van der Waals surface area contributed by atoms with Crippen LogP contribution in [0.4, 0.5) is 0 Å². The number of methoxy groups -OCH3 is 1. The number of nitrogens with zero attached hydrogens (tertiary/aromatic N) is 3. The van der Waals surface area contributed by atoms with Gasteiger partial charge in [0, 0.05) is 25.5 Å². The second-order valence-corrected chi connectivity index (χ2v) is 8.30. The molecule has 0 aromatic carbocycles. The Bertz CT molecular complexity index is 669. The Balaban J connectivity index is 1.66. The first kappa shape index (κ1) is 16.3. The Labute approximate surface area is 136 Å². The van der Waals surface area contributed by atoms with E-state index in [1.807, 2.05) is 0 Å². The number of hydrogen-bond donors (Lipinski definition) is 0. The maximum Gasteiger partial charge on any atom is 0.308 e. The molecule has 2 heterocycles. The van der Waals surface area contributed by atoms with Crippen LogP contribution in [0.25, 0.3) is 0 Å². The molecule has 3 rings (SSSR count). The second-order valence-electron chi connectivity index (χ2n) is 6.41. The van der Waals surface area contributed by atoms with Gasteiger partial charge in [-0.15, -0.1) is 0 Å². The highest BCUT2D eigenvalue weighted by molar-refractivity contribution is 7.89. The summed E-state index contributed by atoms with van der Waals surface area (Å²) in [5.41, 5.74) is 0.0766. The average Bonchev–Trinajstić information content (AvgIpc) is 2.99. The maximum atomic E-state index is 12.6. The third-order valence-electron chi connectivity index (χ3n) is 5.16. The molecule has 1 aromatic rings. The van der Waals surface area contributed by atoms with Crippen molar-refractivity contribution in [1.29, 1.82) is 0 Å². The molecule has 2 aliphatic rings. The predicted octanol–water partition coefficient (Wildman–Crippen LogP) is 1.22. The smallest absolute Gasteiger partial charge is 0.308 e. The molecule has 23 heavy (non-hydrogen) atoms. The SMILES string of the molecule is COC(=O)C1CCC2(CCN(S(=O)(=O)c3cnccn3)CC2)C1. The van der Waals surface area contributed by atoms with E-state index in [1.54, 1.807) is 0 Å². The normalized spacial score (nSPS) is 24.7. The van der Waals surface area contributed by atoms with Gasteiger partial charge in [0.15, 0.2) is 5.03 Å². The Morgan fingerprint density at radius 1 is 1.30 bits per heavy atom. The van der Waals surface area contributed by atoms with E-state index in [4.69, 9.17) is 4.74 Å². The number of ether oxygens (including phenoxy) is 1. The minimum Gasteiger partial charge on any atom is -0.469 e. The molecule has 1 atom stereocenters. The minimum atomic E-state index is -3.57. The first-order valence-electron chi connectivity index (χ1n) is 7.81. The summed E-state index contributed by atoms with van der Waals surface area (Å²) in [6.45, 7) is 0.930. The Morgan fingerprint density at radius 3 is 2.65 bits per heavy atom. The fourth-order valence-corrected chi connectivity index (χ4v) is 5.10. The van der Waals surface area contributed by atoms with Crippen LogP contribution < -0.4 is 0 Å². The van der Waals surface area contributed by atoms with E-state index >= 15 is 0 Å². The highest BCUT2D eigenvalue weighted by atomic mass is 32.2. The van der Waals surface area contributed by atoms with Crippen molar-refractivity contribution in [2.24, 2.45) is 11.3 Å². The zero-order valence-corrected chi connectivity index (χ0v) is 14.0. The molecule has 0 amide bonds. The Kier molecular flexibility index (Phi) is 4.37. The van der Waals surface area contributed by atoms with Crippen molar-refractivity contribution in [1.82, 2.24) is 14.3 Å². The van der Waals surface area contributed by atoms with Gasteiger partial charge in [0.25, 0.3) is 10.0 Å². The molecule has 0 bridgehead atoms. The average molecular weight is 339 g/mol. The monoisotopic (exact) mass is 339 g/mol. The van der Waals surface area contributed by atoms with Crippen LogP contribution in [0, 0.1) is 11.3 Å². The summed E-state index contributed by atoms with van der Waals surface area (Å²) >= 11 is 0. The molecule has 1 unspecified atom stereocenters. The lowest BCUT2D eigenvalue weighted by Gasteiger charge is -2.38. The van der Waals surface area contributed by atoms with Crippen LogP contribution in [-0.2, 0) is 19.6 Å². The highest BCUT2D eigenvalue weighted by Gasteiger charge is 2.45. The van der Waals surface area contributed by atoms with Gasteiger partial charge in [-0.1, -0.05) is 0 Å². The van der Waals surface area contributed by atoms with Crippen molar-refractivity contribution in [2.75, 3.05) is 20.2 Å². The third-order valence-corrected chi connectivity index (χ3v) is 6.95. The van der Waals surface area contributed by atoms with E-state index in [-0.39, 0.29) is 22.3 Å². The molecule has 1 spiro atoms. The standard InChI is InChI=1S/C15H21N3O4S/c1-22-14(19)12-2-3-15(10-12)4-8-18(9-5-15)23(20,21)13-11-16-6-7-17-13/h6-7,11-12H,2-5,8-10H2,1H3. The summed E-state index contributed by atoms with van der Waals surface area (Å²) < 4.78 is 31.4. The van der Waals surface area contributed by atoms with Gasteiger partial charge < -0.3 is 4.74 Å². The van der Waals surface area contributed by atoms with Gasteiger partial charge in [-0.05, 0) is 37.5 Å². The Morgan fingerprint density at radius 2 is 2.04 bits per heavy atom. The second kappa shape index (κ2) is 6.16. The highest BCUT2D eigenvalue weighted by Crippen LogP contribution is 2.49. The lowest BCUT2D eigenvalue weighted by molar-refractivity contribution is -0.145. The third kappa shape index (κ3) is 3.10. The molecule has 1 aliphatic carbocycles. The van der Waals surface area contributed by atoms with Crippen molar-refractivity contribution in [3.63, 3.8) is 0 Å². The van der Waals surface area contributed by atoms with Crippen molar-refractivity contribution < 1.29 is 17.9 Å². The molecule has 126 valence electrons. The first-order valence-corrected chi connectivity index (χ1v) is 9.25. The van der Waals surface area contributed by atoms with Crippen LogP contribution in [-0.4, -0.2) is 48.9 Å². The number of piperidine rings is 1. The zero-order valence-electron chi connectivity index (χ0n) is 13.1. The zero-order chi connectivity index (χ0) is 16.5. The molecule has 1 aromatic heterocycles. The van der Waals surface area contributed by atoms with Crippen LogP contribution in [0.5, 0.6) is 0 Å². The van der Waals surface area contributed by atoms with Gasteiger partial charge in [-0.3, -0.25) is 9.78 Å². The van der Waals surface area contributed by atoms with Crippen molar-refractivity contribution in [2.45, 2.75) is 37.1 Å². The van der Waals surface area contributed by atoms with E-state index in [9.17, 15) is 13.2 Å². The largest absolute Gasteiger partial charge is 0.469 e. The summed E-state index contributed by atoms with van der Waals surface area (Å²) in [7, 11) is -2.15. The van der Waals surface area contributed by atoms with Crippen LogP contribution in [0.1, 0.15) is 32.1 Å². The topological polar surface area (TPSA) is 89.5 Å². The molecule has 1 aliphatic heterocycles. The summed E-state index contributed by atoms with van der Waals surface area (Å²) in [5.74, 6) is -0.181. The van der Waals surface area contributed by atoms with Crippen LogP contribution in [0.15, 0.2) is 23.6 Å². The maximum absolute atomic E-state index is 12.6. The van der Waals surface area contributed by atoms with E-state index in [0.29, 0.717) is 13.1 Å². The van der Waals surface area contributed by atoms with Crippen LogP contribution in [0.3, 0.4) is 0 Å². The van der Waals surface area contributed by atoms with E-state index < -0.39 is 10.0 Å². The van der Waals surface area contributed by atoms with Crippen molar-refractivity contribution in [3.8, 4) is 0 Å². The molecule has 7 nitrogen and oxygen atoms in total. The molecule has 8 heteroatoms. The summed E-state index contributed by atoms with van der Waals surface area (Å²) in [5, 5.41) is -0.00481. The summed E-state index contributed by atoms with van der Waals surface area (Å²) in [4.78, 5) is 19.4. The van der Waals surface area contributed by atoms with E-state index in [1.165, 1.54) is 30.0 Å². The number of sulfonamides is 1. The van der Waals surface area contributed by atoms with Crippen molar-refractivity contribution >= 4 is 16.0 Å². The lowest BCUT2D eigenvalue weighted by atomic mass is 9.77. The molecular formula is C15H21N3O4S. The van der Waals surface area contributed by atoms with Gasteiger partial charge in [-0.2, -0.15) is 4.31 Å². The molecular weight excluding hydrogens is 318 g/mol. The Hall–Kier alpha value is -1.54. The van der Waals surface area contributed by atoms with Gasteiger partial charge >= 0.3 is 5.97 Å². The first-order chi connectivity index (χ1) is 11.0. The predicted molar refractivity (Wildman–Crippen MR) is 81.8 cm³/mol. The number of esters is 1. The number of carbonyl (C=O) groups excluding carboxylic acids is 1.